The van der Waals surface area contributed by atoms with Crippen LogP contribution in [-0.2, 0) is 4.79 Å². The first-order chi connectivity index (χ1) is 19.7. The molecule has 6 rings (SSSR count). The monoisotopic (exact) mass is 627 g/mol. The number of hydrogen-bond acceptors (Lipinski definition) is 10. The van der Waals surface area contributed by atoms with Crippen LogP contribution in [0.2, 0.25) is 0 Å². The molecule has 2 saturated heterocycles. The summed E-state index contributed by atoms with van der Waals surface area (Å²) in [4.78, 5) is 30.2. The second-order valence-electron chi connectivity index (χ2n) is 10.0. The van der Waals surface area contributed by atoms with Gasteiger partial charge in [-0.25, -0.2) is 28.5 Å². The van der Waals surface area contributed by atoms with Crippen molar-refractivity contribution in [1.29, 1.82) is 5.26 Å². The van der Waals surface area contributed by atoms with Crippen LogP contribution >= 0.6 is 15.9 Å². The molecular weight excluding hydrogens is 604 g/mol. The fraction of sp³-hybridized carbons (Fsp3) is 0.370. The van der Waals surface area contributed by atoms with Gasteiger partial charge in [0.15, 0.2) is 23.4 Å². The molecular formula is C27H24BrF2N7O4. The number of alkyl halides is 2. The molecule has 1 aromatic carbocycles. The zero-order chi connectivity index (χ0) is 28.8. The largest absolute Gasteiger partial charge is 0.480 e. The molecule has 1 N–H and O–H groups in total. The van der Waals surface area contributed by atoms with Crippen LogP contribution in [0.15, 0.2) is 45.4 Å². The topological polar surface area (TPSA) is 132 Å². The van der Waals surface area contributed by atoms with E-state index in [4.69, 9.17) is 9.15 Å². The molecule has 4 aromatic rings. The quantitative estimate of drug-likeness (QED) is 0.301. The molecule has 5 heterocycles. The molecule has 3 atom stereocenters. The average molecular weight is 628 g/mol. The summed E-state index contributed by atoms with van der Waals surface area (Å²) in [5, 5.41) is 19.9. The maximum Gasteiger partial charge on any atom is 0.326 e. The van der Waals surface area contributed by atoms with Crippen molar-refractivity contribution in [3.63, 3.8) is 0 Å². The minimum Gasteiger partial charge on any atom is -0.480 e. The van der Waals surface area contributed by atoms with Gasteiger partial charge in [0.05, 0.1) is 6.54 Å². The number of nitrogens with zero attached hydrogens (tertiary/aromatic N) is 7. The highest BCUT2D eigenvalue weighted by atomic mass is 79.9. The Balaban J connectivity index is 1.35. The highest BCUT2D eigenvalue weighted by Gasteiger charge is 2.42. The number of carboxylic acids is 1. The van der Waals surface area contributed by atoms with Gasteiger partial charge in [0, 0.05) is 48.2 Å². The van der Waals surface area contributed by atoms with Crippen LogP contribution in [0.4, 0.5) is 20.3 Å². The van der Waals surface area contributed by atoms with Crippen molar-refractivity contribution in [3.05, 3.63) is 46.8 Å². The lowest BCUT2D eigenvalue weighted by Crippen LogP contribution is -2.50. The third-order valence-electron chi connectivity index (χ3n) is 7.39. The third-order valence-corrected chi connectivity index (χ3v) is 7.82. The van der Waals surface area contributed by atoms with Crippen LogP contribution in [0, 0.1) is 11.5 Å². The molecule has 0 spiro atoms. The predicted molar refractivity (Wildman–Crippen MR) is 148 cm³/mol. The lowest BCUT2D eigenvalue weighted by molar-refractivity contribution is -0.138. The number of ether oxygens (including phenoxy) is 1. The Bertz CT molecular complexity index is 1680. The van der Waals surface area contributed by atoms with Crippen molar-refractivity contribution in [1.82, 2.24) is 19.9 Å². The van der Waals surface area contributed by atoms with E-state index in [0.29, 0.717) is 42.2 Å². The Hall–Kier alpha value is -4.25. The van der Waals surface area contributed by atoms with Crippen molar-refractivity contribution < 1.29 is 27.8 Å². The number of hydrogen-bond donors (Lipinski definition) is 1. The van der Waals surface area contributed by atoms with E-state index < -0.39 is 30.4 Å². The summed E-state index contributed by atoms with van der Waals surface area (Å²) in [5.74, 6) is -1.57. The number of benzene rings is 1. The standard InChI is InChI=1S/C27H24BrF2N7O4/c1-14-11-35(13-31)6-7-36(14)18-8-15(28)10-32-26(18)40-16-9-19(27(38)39)37(12-16)25-22-21(33-24(34-25)23(29)30)17-4-2-3-5-20(17)41-22/h2-5,8,10,14,16,19,23H,6-7,9,11-12H2,1H3,(H,38,39)/t14-,16-,19-/m0/s1. The average Bonchev–Trinajstić information content (AvgIpc) is 3.55. The minimum absolute atomic E-state index is 0.0103. The van der Waals surface area contributed by atoms with Gasteiger partial charge in [-0.1, -0.05) is 12.1 Å². The van der Waals surface area contributed by atoms with Crippen LogP contribution in [0.25, 0.3) is 22.1 Å². The molecule has 2 fully saturated rings. The SMILES string of the molecule is C[C@H]1CN(C#N)CCN1c1cc(Br)cnc1O[C@H]1C[C@@H](C(=O)O)N(c2nc(C(F)F)nc3c2oc2ccccc23)C1. The van der Waals surface area contributed by atoms with Gasteiger partial charge in [-0.2, -0.15) is 5.26 Å². The molecule has 3 aromatic heterocycles. The Morgan fingerprint density at radius 1 is 1.24 bits per heavy atom. The lowest BCUT2D eigenvalue weighted by atomic mass is 10.1. The highest BCUT2D eigenvalue weighted by molar-refractivity contribution is 9.10. The van der Waals surface area contributed by atoms with Crippen molar-refractivity contribution >= 4 is 55.5 Å². The van der Waals surface area contributed by atoms with E-state index in [9.17, 15) is 23.9 Å². The number of halogens is 3. The first-order valence-corrected chi connectivity index (χ1v) is 13.7. The first kappa shape index (κ1) is 26.9. The number of aliphatic carboxylic acids is 1. The Morgan fingerprint density at radius 2 is 2.05 bits per heavy atom. The van der Waals surface area contributed by atoms with Crippen molar-refractivity contribution in [3.8, 4) is 12.1 Å². The number of piperazine rings is 1. The summed E-state index contributed by atoms with van der Waals surface area (Å²) in [7, 11) is 0. The number of pyridine rings is 1. The molecule has 0 saturated carbocycles. The van der Waals surface area contributed by atoms with Crippen molar-refractivity contribution in [2.24, 2.45) is 0 Å². The maximum absolute atomic E-state index is 13.9. The van der Waals surface area contributed by atoms with Gasteiger partial charge < -0.3 is 29.0 Å². The van der Waals surface area contributed by atoms with E-state index in [-0.39, 0.29) is 35.9 Å². The van der Waals surface area contributed by atoms with E-state index in [1.807, 2.05) is 13.0 Å². The van der Waals surface area contributed by atoms with Crippen LogP contribution < -0.4 is 14.5 Å². The number of furan rings is 1. The number of carbonyl (C=O) groups is 1. The molecule has 11 nitrogen and oxygen atoms in total. The molecule has 41 heavy (non-hydrogen) atoms. The van der Waals surface area contributed by atoms with Crippen LogP contribution in [0.1, 0.15) is 25.6 Å². The van der Waals surface area contributed by atoms with Crippen LogP contribution in [0.5, 0.6) is 5.88 Å². The number of aromatic nitrogens is 3. The predicted octanol–water partition coefficient (Wildman–Crippen LogP) is 4.57. The molecule has 0 radical (unpaired) electrons. The van der Waals surface area contributed by atoms with E-state index in [1.54, 1.807) is 35.4 Å². The summed E-state index contributed by atoms with van der Waals surface area (Å²) in [6.45, 7) is 3.68. The number of para-hydroxylation sites is 1. The smallest absolute Gasteiger partial charge is 0.326 e. The zero-order valence-corrected chi connectivity index (χ0v) is 23.3. The summed E-state index contributed by atoms with van der Waals surface area (Å²) in [5.41, 5.74) is 1.46. The molecule has 212 valence electrons. The highest BCUT2D eigenvalue weighted by Crippen LogP contribution is 2.39. The van der Waals surface area contributed by atoms with Gasteiger partial charge in [0.1, 0.15) is 28.9 Å². The summed E-state index contributed by atoms with van der Waals surface area (Å²) in [6, 6.07) is 7.62. The molecule has 2 aliphatic heterocycles. The van der Waals surface area contributed by atoms with E-state index >= 15 is 0 Å². The molecule has 0 amide bonds. The summed E-state index contributed by atoms with van der Waals surface area (Å²) >= 11 is 3.47. The fourth-order valence-electron chi connectivity index (χ4n) is 5.51. The zero-order valence-electron chi connectivity index (χ0n) is 21.7. The van der Waals surface area contributed by atoms with Gasteiger partial charge in [-0.05, 0) is 41.1 Å². The van der Waals surface area contributed by atoms with E-state index in [2.05, 4.69) is 42.0 Å². The molecule has 0 unspecified atom stereocenters. The summed E-state index contributed by atoms with van der Waals surface area (Å²) < 4.78 is 40.7. The minimum atomic E-state index is -2.97. The number of carboxylic acid groups (broad SMARTS) is 1. The first-order valence-electron chi connectivity index (χ1n) is 12.9. The van der Waals surface area contributed by atoms with Gasteiger partial charge in [-0.15, -0.1) is 0 Å². The second-order valence-corrected chi connectivity index (χ2v) is 10.9. The normalized spacial score (nSPS) is 21.2. The summed E-state index contributed by atoms with van der Waals surface area (Å²) in [6.07, 6.45) is 0.211. The third kappa shape index (κ3) is 4.94. The Morgan fingerprint density at radius 3 is 2.78 bits per heavy atom. The Kier molecular flexibility index (Phi) is 6.98. The Labute approximate surface area is 241 Å². The number of fused-ring (bicyclic) bond motifs is 3. The van der Waals surface area contributed by atoms with Gasteiger partial charge in [0.2, 0.25) is 5.88 Å². The van der Waals surface area contributed by atoms with E-state index in [1.165, 1.54) is 4.90 Å². The van der Waals surface area contributed by atoms with Gasteiger partial charge in [-0.3, -0.25) is 0 Å². The number of rotatable bonds is 6. The number of anilines is 2. The fourth-order valence-corrected chi connectivity index (χ4v) is 5.83. The van der Waals surface area contributed by atoms with Crippen LogP contribution in [0.3, 0.4) is 0 Å². The molecule has 14 heteroatoms. The molecule has 0 aliphatic carbocycles. The molecule has 0 bridgehead atoms. The van der Waals surface area contributed by atoms with Gasteiger partial charge >= 0.3 is 5.97 Å². The van der Waals surface area contributed by atoms with Crippen molar-refractivity contribution in [2.75, 3.05) is 36.0 Å². The van der Waals surface area contributed by atoms with Crippen molar-refractivity contribution in [2.45, 2.75) is 38.0 Å². The molecule has 2 aliphatic rings. The number of nitriles is 1. The maximum atomic E-state index is 13.9. The van der Waals surface area contributed by atoms with Crippen LogP contribution in [-0.4, -0.2) is 75.3 Å². The second kappa shape index (κ2) is 10.6. The van der Waals surface area contributed by atoms with E-state index in [0.717, 1.165) is 4.47 Å². The lowest BCUT2D eigenvalue weighted by Gasteiger charge is -2.39. The van der Waals surface area contributed by atoms with Gasteiger partial charge in [0.25, 0.3) is 6.43 Å².